The van der Waals surface area contributed by atoms with Crippen LogP contribution in [0.1, 0.15) is 18.1 Å². The third-order valence-corrected chi connectivity index (χ3v) is 6.54. The van der Waals surface area contributed by atoms with Crippen LogP contribution in [0, 0.1) is 13.8 Å². The predicted octanol–water partition coefficient (Wildman–Crippen LogP) is 4.75. The Labute approximate surface area is 198 Å². The molecule has 7 nitrogen and oxygen atoms in total. The van der Waals surface area contributed by atoms with E-state index in [1.807, 2.05) is 43.5 Å². The van der Waals surface area contributed by atoms with Crippen molar-refractivity contribution in [3.63, 3.8) is 0 Å². The summed E-state index contributed by atoms with van der Waals surface area (Å²) in [5.41, 5.74) is 4.45. The Bertz CT molecular complexity index is 1400. The van der Waals surface area contributed by atoms with E-state index in [4.69, 9.17) is 0 Å². The van der Waals surface area contributed by atoms with Crippen molar-refractivity contribution >= 4 is 56.5 Å². The fourth-order valence-corrected chi connectivity index (χ4v) is 5.07. The van der Waals surface area contributed by atoms with Crippen LogP contribution in [0.15, 0.2) is 63.9 Å². The average Bonchev–Trinajstić information content (AvgIpc) is 3.20. The van der Waals surface area contributed by atoms with Gasteiger partial charge in [0.15, 0.2) is 5.16 Å². The lowest BCUT2D eigenvalue weighted by molar-refractivity contribution is -0.114. The molecule has 0 spiro atoms. The molecule has 2 N–H and O–H groups in total. The van der Waals surface area contributed by atoms with Crippen LogP contribution in [0.4, 0.5) is 11.4 Å². The largest absolute Gasteiger partial charge is 0.326 e. The van der Waals surface area contributed by atoms with Crippen LogP contribution in [0.25, 0.3) is 15.9 Å². The van der Waals surface area contributed by atoms with E-state index in [0.29, 0.717) is 26.7 Å². The second kappa shape index (κ2) is 9.60. The lowest BCUT2D eigenvalue weighted by Gasteiger charge is -2.13. The van der Waals surface area contributed by atoms with E-state index >= 15 is 0 Å². The Morgan fingerprint density at radius 3 is 2.42 bits per heavy atom. The van der Waals surface area contributed by atoms with Crippen molar-refractivity contribution in [3.05, 3.63) is 75.4 Å². The molecule has 33 heavy (non-hydrogen) atoms. The normalized spacial score (nSPS) is 10.9. The molecule has 4 rings (SSSR count). The zero-order valence-corrected chi connectivity index (χ0v) is 20.0. The zero-order chi connectivity index (χ0) is 23.5. The highest BCUT2D eigenvalue weighted by Crippen LogP contribution is 2.25. The van der Waals surface area contributed by atoms with Gasteiger partial charge in [0, 0.05) is 18.3 Å². The molecule has 2 aromatic carbocycles. The third kappa shape index (κ3) is 5.32. The Balaban J connectivity index is 1.60. The van der Waals surface area contributed by atoms with E-state index < -0.39 is 0 Å². The number of anilines is 2. The molecule has 0 saturated carbocycles. The van der Waals surface area contributed by atoms with Crippen LogP contribution in [0.3, 0.4) is 0 Å². The summed E-state index contributed by atoms with van der Waals surface area (Å²) >= 11 is 2.56. The number of hydrogen-bond acceptors (Lipinski definition) is 6. The number of hydrogen-bond donors (Lipinski definition) is 2. The van der Waals surface area contributed by atoms with Crippen molar-refractivity contribution in [2.75, 3.05) is 16.4 Å². The minimum Gasteiger partial charge on any atom is -0.326 e. The number of thiophene rings is 1. The second-order valence-corrected chi connectivity index (χ2v) is 9.47. The minimum atomic E-state index is -0.244. The lowest BCUT2D eigenvalue weighted by atomic mass is 10.1. The number of nitrogens with one attached hydrogen (secondary N) is 2. The van der Waals surface area contributed by atoms with Gasteiger partial charge in [0.1, 0.15) is 4.70 Å². The molecule has 2 heterocycles. The third-order valence-electron chi connectivity index (χ3n) is 4.71. The van der Waals surface area contributed by atoms with Crippen molar-refractivity contribution in [2.24, 2.45) is 0 Å². The predicted molar refractivity (Wildman–Crippen MR) is 135 cm³/mol. The lowest BCUT2D eigenvalue weighted by Crippen LogP contribution is -2.22. The van der Waals surface area contributed by atoms with Gasteiger partial charge in [-0.2, -0.15) is 0 Å². The number of rotatable bonds is 6. The molecular weight excluding hydrogens is 456 g/mol. The molecular formula is C24H22N4O3S2. The first-order valence-electron chi connectivity index (χ1n) is 10.2. The Hall–Kier alpha value is -3.43. The molecule has 9 heteroatoms. The summed E-state index contributed by atoms with van der Waals surface area (Å²) in [6, 6.07) is 14.7. The van der Waals surface area contributed by atoms with Gasteiger partial charge in [-0.25, -0.2) is 4.98 Å². The van der Waals surface area contributed by atoms with Gasteiger partial charge in [0.05, 0.1) is 17.0 Å². The quantitative estimate of drug-likeness (QED) is 0.308. The highest BCUT2D eigenvalue weighted by molar-refractivity contribution is 7.99. The van der Waals surface area contributed by atoms with Gasteiger partial charge in [0.2, 0.25) is 11.8 Å². The summed E-state index contributed by atoms with van der Waals surface area (Å²) < 4.78 is 2.16. The summed E-state index contributed by atoms with van der Waals surface area (Å²) in [6.07, 6.45) is 0. The number of aromatic nitrogens is 2. The maximum atomic E-state index is 13.3. The van der Waals surface area contributed by atoms with Gasteiger partial charge in [-0.15, -0.1) is 11.3 Å². The maximum Gasteiger partial charge on any atom is 0.276 e. The zero-order valence-electron chi connectivity index (χ0n) is 18.3. The van der Waals surface area contributed by atoms with E-state index in [0.717, 1.165) is 16.8 Å². The number of carbonyl (C=O) groups is 2. The molecule has 2 aromatic heterocycles. The number of amides is 2. The summed E-state index contributed by atoms with van der Waals surface area (Å²) in [5.74, 6) is -0.364. The van der Waals surface area contributed by atoms with Gasteiger partial charge >= 0.3 is 0 Å². The molecule has 0 fully saturated rings. The number of nitrogens with zero attached hydrogens (tertiary/aromatic N) is 2. The number of carbonyl (C=O) groups excluding carboxylic acids is 2. The summed E-state index contributed by atoms with van der Waals surface area (Å²) in [7, 11) is 0. The molecule has 4 aromatic rings. The van der Waals surface area contributed by atoms with E-state index in [1.54, 1.807) is 28.8 Å². The van der Waals surface area contributed by atoms with Crippen LogP contribution in [-0.4, -0.2) is 27.1 Å². The molecule has 0 aliphatic heterocycles. The summed E-state index contributed by atoms with van der Waals surface area (Å²) in [4.78, 5) is 41.8. The topological polar surface area (TPSA) is 93.1 Å². The Morgan fingerprint density at radius 1 is 1.03 bits per heavy atom. The molecule has 0 aliphatic carbocycles. The highest BCUT2D eigenvalue weighted by atomic mass is 32.2. The van der Waals surface area contributed by atoms with E-state index in [1.165, 1.54) is 30.0 Å². The van der Waals surface area contributed by atoms with Gasteiger partial charge in [0.25, 0.3) is 5.56 Å². The molecule has 0 atom stereocenters. The van der Waals surface area contributed by atoms with Gasteiger partial charge < -0.3 is 10.6 Å². The Kier molecular flexibility index (Phi) is 6.62. The van der Waals surface area contributed by atoms with Crippen LogP contribution in [-0.2, 0) is 9.59 Å². The second-order valence-electron chi connectivity index (χ2n) is 7.61. The van der Waals surface area contributed by atoms with Gasteiger partial charge in [-0.3, -0.25) is 19.0 Å². The summed E-state index contributed by atoms with van der Waals surface area (Å²) in [5, 5.41) is 7.81. The first-order chi connectivity index (χ1) is 15.8. The monoisotopic (exact) mass is 478 g/mol. The van der Waals surface area contributed by atoms with Crippen molar-refractivity contribution < 1.29 is 9.59 Å². The molecule has 0 unspecified atom stereocenters. The maximum absolute atomic E-state index is 13.3. The van der Waals surface area contributed by atoms with Gasteiger partial charge in [-0.1, -0.05) is 23.9 Å². The van der Waals surface area contributed by atoms with Crippen molar-refractivity contribution in [3.8, 4) is 5.69 Å². The van der Waals surface area contributed by atoms with Crippen LogP contribution in [0.2, 0.25) is 0 Å². The van der Waals surface area contributed by atoms with E-state index in [2.05, 4.69) is 15.6 Å². The van der Waals surface area contributed by atoms with Crippen molar-refractivity contribution in [1.82, 2.24) is 9.55 Å². The van der Waals surface area contributed by atoms with E-state index in [9.17, 15) is 14.4 Å². The first kappa shape index (κ1) is 22.8. The van der Waals surface area contributed by atoms with Crippen molar-refractivity contribution in [2.45, 2.75) is 25.9 Å². The molecule has 168 valence electrons. The molecule has 0 radical (unpaired) electrons. The smallest absolute Gasteiger partial charge is 0.276 e. The Morgan fingerprint density at radius 2 is 1.73 bits per heavy atom. The number of aryl methyl sites for hydroxylation is 2. The number of thioether (sulfide) groups is 1. The molecule has 0 bridgehead atoms. The highest BCUT2D eigenvalue weighted by Gasteiger charge is 2.16. The van der Waals surface area contributed by atoms with Crippen molar-refractivity contribution in [1.29, 1.82) is 0 Å². The number of fused-ring (bicyclic) bond motifs is 1. The molecule has 0 saturated heterocycles. The van der Waals surface area contributed by atoms with Crippen LogP contribution in [0.5, 0.6) is 0 Å². The summed E-state index contributed by atoms with van der Waals surface area (Å²) in [6.45, 7) is 5.39. The SMILES string of the molecule is CC(=O)Nc1cccc(NC(=O)CSc2nc3ccsc3c(=O)n2-c2cc(C)cc(C)c2)c1. The van der Waals surface area contributed by atoms with Crippen LogP contribution < -0.4 is 16.2 Å². The first-order valence-corrected chi connectivity index (χ1v) is 12.1. The van der Waals surface area contributed by atoms with Gasteiger partial charge in [-0.05, 0) is 66.8 Å². The molecule has 2 amide bonds. The van der Waals surface area contributed by atoms with E-state index in [-0.39, 0.29) is 23.1 Å². The standard InChI is InChI=1S/C24H22N4O3S2/c1-14-9-15(2)11-19(10-14)28-23(31)22-20(7-8-32-22)27-24(28)33-13-21(30)26-18-6-4-5-17(12-18)25-16(3)29/h4-12H,13H2,1-3H3,(H,25,29)(H,26,30). The average molecular weight is 479 g/mol. The fourth-order valence-electron chi connectivity index (χ4n) is 3.50. The fraction of sp³-hybridized carbons (Fsp3) is 0.167. The molecule has 0 aliphatic rings. The van der Waals surface area contributed by atoms with Crippen LogP contribution >= 0.6 is 23.1 Å². The minimum absolute atomic E-state index is 0.0667. The number of benzene rings is 2.